The molecule has 0 radical (unpaired) electrons. The van der Waals surface area contributed by atoms with Crippen LogP contribution in [-0.2, 0) is 11.3 Å². The van der Waals surface area contributed by atoms with Crippen molar-refractivity contribution in [2.45, 2.75) is 32.7 Å². The van der Waals surface area contributed by atoms with E-state index in [1.165, 1.54) is 0 Å². The molecular formula is C20H28IN7O. The molecule has 2 aliphatic rings. The van der Waals surface area contributed by atoms with E-state index in [0.29, 0.717) is 13.0 Å². The van der Waals surface area contributed by atoms with Crippen LogP contribution in [0.25, 0.3) is 5.82 Å². The van der Waals surface area contributed by atoms with Crippen molar-refractivity contribution in [2.24, 2.45) is 10.4 Å². The number of amides is 1. The van der Waals surface area contributed by atoms with Crippen molar-refractivity contribution in [1.82, 2.24) is 30.1 Å². The first-order valence-corrected chi connectivity index (χ1v) is 9.91. The lowest BCUT2D eigenvalue weighted by molar-refractivity contribution is -0.119. The van der Waals surface area contributed by atoms with Gasteiger partial charge in [-0.2, -0.15) is 0 Å². The first kappa shape index (κ1) is 21.5. The molecule has 1 atom stereocenters. The van der Waals surface area contributed by atoms with E-state index >= 15 is 0 Å². The van der Waals surface area contributed by atoms with Crippen molar-refractivity contribution in [1.29, 1.82) is 0 Å². The van der Waals surface area contributed by atoms with Crippen molar-refractivity contribution in [2.75, 3.05) is 26.2 Å². The third-order valence-corrected chi connectivity index (χ3v) is 5.51. The fourth-order valence-electron chi connectivity index (χ4n) is 4.19. The van der Waals surface area contributed by atoms with Crippen molar-refractivity contribution >= 4 is 35.8 Å². The smallest absolute Gasteiger partial charge is 0.220 e. The normalized spacial score (nSPS) is 21.8. The van der Waals surface area contributed by atoms with Gasteiger partial charge in [0.1, 0.15) is 12.1 Å². The van der Waals surface area contributed by atoms with Gasteiger partial charge in [-0.05, 0) is 25.8 Å². The SMILES string of the molecule is CCNC(=NCc1cccnc1-n1ccnc1)N1CCCC2(CNC(=O)C2)C1.I. The molecule has 2 saturated heterocycles. The first-order valence-electron chi connectivity index (χ1n) is 9.91. The summed E-state index contributed by atoms with van der Waals surface area (Å²) in [7, 11) is 0. The molecule has 1 spiro atoms. The Kier molecular flexibility index (Phi) is 7.09. The number of nitrogens with zero attached hydrogens (tertiary/aromatic N) is 5. The topological polar surface area (TPSA) is 87.4 Å². The van der Waals surface area contributed by atoms with Crippen LogP contribution in [0.3, 0.4) is 0 Å². The largest absolute Gasteiger partial charge is 0.357 e. The van der Waals surface area contributed by atoms with Crippen LogP contribution in [0.2, 0.25) is 0 Å². The van der Waals surface area contributed by atoms with E-state index in [9.17, 15) is 4.79 Å². The molecule has 9 heteroatoms. The molecule has 8 nitrogen and oxygen atoms in total. The molecule has 0 aliphatic carbocycles. The Hall–Kier alpha value is -2.17. The van der Waals surface area contributed by atoms with E-state index in [1.54, 1.807) is 18.7 Å². The van der Waals surface area contributed by atoms with Gasteiger partial charge in [-0.25, -0.2) is 15.0 Å². The summed E-state index contributed by atoms with van der Waals surface area (Å²) in [6.07, 6.45) is 9.96. The highest BCUT2D eigenvalue weighted by atomic mass is 127. The molecule has 2 aliphatic heterocycles. The zero-order valence-electron chi connectivity index (χ0n) is 16.7. The summed E-state index contributed by atoms with van der Waals surface area (Å²) in [5, 5.41) is 6.44. The van der Waals surface area contributed by atoms with Crippen molar-refractivity contribution in [3.63, 3.8) is 0 Å². The molecule has 2 aromatic rings. The minimum atomic E-state index is 0. The van der Waals surface area contributed by atoms with Crippen LogP contribution >= 0.6 is 24.0 Å². The van der Waals surface area contributed by atoms with Gasteiger partial charge in [0.05, 0.1) is 6.54 Å². The lowest BCUT2D eigenvalue weighted by Gasteiger charge is -2.40. The summed E-state index contributed by atoms with van der Waals surface area (Å²) >= 11 is 0. The first-order chi connectivity index (χ1) is 13.7. The predicted molar refractivity (Wildman–Crippen MR) is 122 cm³/mol. The quantitative estimate of drug-likeness (QED) is 0.374. The Labute approximate surface area is 188 Å². The minimum absolute atomic E-state index is 0. The maximum atomic E-state index is 11.8. The number of pyridine rings is 1. The summed E-state index contributed by atoms with van der Waals surface area (Å²) in [6.45, 7) is 6.01. The average Bonchev–Trinajstić information content (AvgIpc) is 3.36. The Morgan fingerprint density at radius 1 is 1.41 bits per heavy atom. The number of aliphatic imine (C=N–C) groups is 1. The lowest BCUT2D eigenvalue weighted by Crippen LogP contribution is -2.51. The molecule has 2 N–H and O–H groups in total. The fraction of sp³-hybridized carbons (Fsp3) is 0.500. The number of guanidine groups is 1. The number of nitrogens with one attached hydrogen (secondary N) is 2. The number of likely N-dealkylation sites (tertiary alicyclic amines) is 1. The number of rotatable bonds is 4. The molecule has 0 aromatic carbocycles. The molecule has 2 aromatic heterocycles. The minimum Gasteiger partial charge on any atom is -0.357 e. The van der Waals surface area contributed by atoms with Gasteiger partial charge >= 0.3 is 0 Å². The Balaban J connectivity index is 0.00000240. The lowest BCUT2D eigenvalue weighted by atomic mass is 9.79. The third-order valence-electron chi connectivity index (χ3n) is 5.51. The van der Waals surface area contributed by atoms with Crippen LogP contribution in [0.5, 0.6) is 0 Å². The number of piperidine rings is 1. The monoisotopic (exact) mass is 509 g/mol. The maximum absolute atomic E-state index is 11.8. The molecule has 0 saturated carbocycles. The number of imidazole rings is 1. The molecule has 4 rings (SSSR count). The highest BCUT2D eigenvalue weighted by Crippen LogP contribution is 2.36. The van der Waals surface area contributed by atoms with Crippen molar-refractivity contribution in [3.8, 4) is 5.82 Å². The second-order valence-electron chi connectivity index (χ2n) is 7.60. The Morgan fingerprint density at radius 3 is 3.03 bits per heavy atom. The van der Waals surface area contributed by atoms with Gasteiger partial charge in [0.15, 0.2) is 5.96 Å². The van der Waals surface area contributed by atoms with Crippen LogP contribution in [0.15, 0.2) is 42.0 Å². The number of carbonyl (C=O) groups is 1. The van der Waals surface area contributed by atoms with Gasteiger partial charge in [-0.3, -0.25) is 9.36 Å². The highest BCUT2D eigenvalue weighted by molar-refractivity contribution is 14.0. The molecule has 2 fully saturated rings. The van der Waals surface area contributed by atoms with Crippen LogP contribution in [-0.4, -0.2) is 57.5 Å². The third kappa shape index (κ3) is 4.88. The van der Waals surface area contributed by atoms with Gasteiger partial charge in [0.2, 0.25) is 5.91 Å². The van der Waals surface area contributed by atoms with Gasteiger partial charge in [-0.15, -0.1) is 24.0 Å². The summed E-state index contributed by atoms with van der Waals surface area (Å²) in [5.74, 6) is 1.92. The second-order valence-corrected chi connectivity index (χ2v) is 7.60. The number of hydrogen-bond acceptors (Lipinski definition) is 4. The number of aromatic nitrogens is 3. The zero-order chi connectivity index (χ0) is 19.4. The fourth-order valence-corrected chi connectivity index (χ4v) is 4.19. The molecule has 156 valence electrons. The summed E-state index contributed by atoms with van der Waals surface area (Å²) in [6, 6.07) is 3.98. The van der Waals surface area contributed by atoms with E-state index in [2.05, 4.69) is 32.4 Å². The van der Waals surface area contributed by atoms with E-state index in [-0.39, 0.29) is 35.3 Å². The molecular weight excluding hydrogens is 481 g/mol. The van der Waals surface area contributed by atoms with Crippen LogP contribution in [0.1, 0.15) is 31.7 Å². The predicted octanol–water partition coefficient (Wildman–Crippen LogP) is 1.95. The van der Waals surface area contributed by atoms with Crippen LogP contribution in [0, 0.1) is 5.41 Å². The molecule has 1 amide bonds. The standard InChI is InChI=1S/C20H27N7O.HI/c1-2-22-19(26-9-4-6-20(14-26)11-17(28)25-13-20)24-12-16-5-3-7-23-18(16)27-10-8-21-15-27;/h3,5,7-8,10,15H,2,4,6,9,11-14H2,1H3,(H,22,24)(H,25,28);1H. The van der Waals surface area contributed by atoms with E-state index in [0.717, 1.165) is 56.4 Å². The van der Waals surface area contributed by atoms with Crippen molar-refractivity contribution < 1.29 is 4.79 Å². The zero-order valence-corrected chi connectivity index (χ0v) is 19.0. The molecule has 1 unspecified atom stereocenters. The van der Waals surface area contributed by atoms with E-state index in [1.807, 2.05) is 22.9 Å². The Morgan fingerprint density at radius 2 is 2.31 bits per heavy atom. The Bertz CT molecular complexity index is 854. The van der Waals surface area contributed by atoms with Crippen LogP contribution < -0.4 is 10.6 Å². The van der Waals surface area contributed by atoms with Gasteiger partial charge in [0, 0.05) is 62.2 Å². The summed E-state index contributed by atoms with van der Waals surface area (Å²) in [5.41, 5.74) is 1.09. The summed E-state index contributed by atoms with van der Waals surface area (Å²) < 4.78 is 1.91. The second kappa shape index (κ2) is 9.55. The molecule has 0 bridgehead atoms. The molecule has 29 heavy (non-hydrogen) atoms. The van der Waals surface area contributed by atoms with E-state index < -0.39 is 0 Å². The average molecular weight is 509 g/mol. The molecule has 4 heterocycles. The number of halogens is 1. The number of hydrogen-bond donors (Lipinski definition) is 2. The number of carbonyl (C=O) groups excluding carboxylic acids is 1. The summed E-state index contributed by atoms with van der Waals surface area (Å²) in [4.78, 5) is 27.6. The van der Waals surface area contributed by atoms with E-state index in [4.69, 9.17) is 4.99 Å². The van der Waals surface area contributed by atoms with Gasteiger partial charge in [-0.1, -0.05) is 6.07 Å². The van der Waals surface area contributed by atoms with Gasteiger partial charge in [0.25, 0.3) is 0 Å². The van der Waals surface area contributed by atoms with Gasteiger partial charge < -0.3 is 15.5 Å². The highest BCUT2D eigenvalue weighted by Gasteiger charge is 2.42. The van der Waals surface area contributed by atoms with Crippen LogP contribution in [0.4, 0.5) is 0 Å². The maximum Gasteiger partial charge on any atom is 0.220 e. The van der Waals surface area contributed by atoms with Crippen molar-refractivity contribution in [3.05, 3.63) is 42.6 Å².